The van der Waals surface area contributed by atoms with Gasteiger partial charge in [0.1, 0.15) is 11.5 Å². The van der Waals surface area contributed by atoms with Crippen molar-refractivity contribution >= 4 is 44.8 Å². The van der Waals surface area contributed by atoms with Crippen molar-refractivity contribution in [1.29, 1.82) is 0 Å². The van der Waals surface area contributed by atoms with Crippen LogP contribution in [0.15, 0.2) is 40.9 Å². The third-order valence-electron chi connectivity index (χ3n) is 2.59. The molecule has 0 unspecified atom stereocenters. The molecule has 0 aliphatic rings. The predicted molar refractivity (Wildman–Crippen MR) is 80.2 cm³/mol. The molecule has 1 N–H and O–H groups in total. The van der Waals surface area contributed by atoms with Crippen LogP contribution in [-0.2, 0) is 0 Å². The molecule has 0 heterocycles. The zero-order valence-corrected chi connectivity index (χ0v) is 12.6. The van der Waals surface area contributed by atoms with Gasteiger partial charge in [0, 0.05) is 16.7 Å². The summed E-state index contributed by atoms with van der Waals surface area (Å²) in [5.74, 6) is -1.28. The first-order chi connectivity index (χ1) is 9.88. The van der Waals surface area contributed by atoms with Crippen LogP contribution in [0.5, 0.6) is 0 Å². The quantitative estimate of drug-likeness (QED) is 0.640. The number of nitro groups is 1. The van der Waals surface area contributed by atoms with Gasteiger partial charge in [-0.1, -0.05) is 11.6 Å². The van der Waals surface area contributed by atoms with E-state index in [1.807, 2.05) is 0 Å². The van der Waals surface area contributed by atoms with Gasteiger partial charge in [-0.2, -0.15) is 0 Å². The highest BCUT2D eigenvalue weighted by Crippen LogP contribution is 2.28. The molecule has 0 aromatic heterocycles. The van der Waals surface area contributed by atoms with E-state index in [-0.39, 0.29) is 26.4 Å². The Morgan fingerprint density at radius 2 is 2.00 bits per heavy atom. The topological polar surface area (TPSA) is 72.2 Å². The van der Waals surface area contributed by atoms with E-state index in [4.69, 9.17) is 11.6 Å². The van der Waals surface area contributed by atoms with E-state index in [0.29, 0.717) is 0 Å². The molecule has 2 aromatic rings. The first kappa shape index (κ1) is 15.4. The van der Waals surface area contributed by atoms with Crippen molar-refractivity contribution < 1.29 is 14.1 Å². The van der Waals surface area contributed by atoms with Crippen molar-refractivity contribution in [2.24, 2.45) is 0 Å². The average Bonchev–Trinajstić information content (AvgIpc) is 2.41. The fourth-order valence-corrected chi connectivity index (χ4v) is 2.02. The molecule has 21 heavy (non-hydrogen) atoms. The third-order valence-corrected chi connectivity index (χ3v) is 3.46. The van der Waals surface area contributed by atoms with E-state index in [0.717, 1.165) is 6.07 Å². The van der Waals surface area contributed by atoms with Gasteiger partial charge in [0.15, 0.2) is 0 Å². The lowest BCUT2D eigenvalue weighted by molar-refractivity contribution is -0.383. The summed E-state index contributed by atoms with van der Waals surface area (Å²) in [6, 6.07) is 7.56. The van der Waals surface area contributed by atoms with Crippen LogP contribution in [0, 0.1) is 15.9 Å². The van der Waals surface area contributed by atoms with Crippen molar-refractivity contribution in [2.45, 2.75) is 0 Å². The monoisotopic (exact) mass is 372 g/mol. The Labute approximate surface area is 132 Å². The molecule has 2 aromatic carbocycles. The lowest BCUT2D eigenvalue weighted by Crippen LogP contribution is -2.13. The van der Waals surface area contributed by atoms with Crippen molar-refractivity contribution in [3.05, 3.63) is 67.4 Å². The SMILES string of the molecule is O=C(Nc1cc(Cl)ccc1[N+](=O)[O-])c1ccc(Br)c(F)c1. The molecule has 1 amide bonds. The molecule has 0 aliphatic heterocycles. The molecule has 8 heteroatoms. The second kappa shape index (κ2) is 6.19. The molecule has 0 spiro atoms. The molecule has 0 fully saturated rings. The van der Waals surface area contributed by atoms with Crippen LogP contribution in [0.3, 0.4) is 0 Å². The zero-order valence-electron chi connectivity index (χ0n) is 10.3. The van der Waals surface area contributed by atoms with Gasteiger partial charge >= 0.3 is 0 Å². The van der Waals surface area contributed by atoms with E-state index < -0.39 is 16.6 Å². The zero-order chi connectivity index (χ0) is 15.6. The van der Waals surface area contributed by atoms with Crippen molar-refractivity contribution in [3.63, 3.8) is 0 Å². The molecule has 0 radical (unpaired) electrons. The highest BCUT2D eigenvalue weighted by atomic mass is 79.9. The lowest BCUT2D eigenvalue weighted by Gasteiger charge is -2.07. The number of hydrogen-bond donors (Lipinski definition) is 1. The van der Waals surface area contributed by atoms with Crippen molar-refractivity contribution in [3.8, 4) is 0 Å². The molecular formula is C13H7BrClFN2O3. The fourth-order valence-electron chi connectivity index (χ4n) is 1.60. The lowest BCUT2D eigenvalue weighted by atomic mass is 10.2. The maximum atomic E-state index is 13.4. The van der Waals surface area contributed by atoms with E-state index in [9.17, 15) is 19.3 Å². The first-order valence-corrected chi connectivity index (χ1v) is 6.76. The number of amides is 1. The summed E-state index contributed by atoms with van der Waals surface area (Å²) < 4.78 is 13.6. The van der Waals surface area contributed by atoms with E-state index in [2.05, 4.69) is 21.2 Å². The van der Waals surface area contributed by atoms with Crippen molar-refractivity contribution in [2.75, 3.05) is 5.32 Å². The van der Waals surface area contributed by atoms with Gasteiger partial charge in [0.05, 0.1) is 9.40 Å². The molecule has 5 nitrogen and oxygen atoms in total. The standard InChI is InChI=1S/C13H7BrClFN2O3/c14-9-3-1-7(5-10(9)16)13(19)17-11-6-8(15)2-4-12(11)18(20)21/h1-6H,(H,17,19). The van der Waals surface area contributed by atoms with Gasteiger partial charge in [-0.3, -0.25) is 14.9 Å². The average molecular weight is 374 g/mol. The maximum Gasteiger partial charge on any atom is 0.292 e. The third kappa shape index (κ3) is 3.56. The fraction of sp³-hybridized carbons (Fsp3) is 0. The van der Waals surface area contributed by atoms with Crippen LogP contribution in [0.1, 0.15) is 10.4 Å². The maximum absolute atomic E-state index is 13.4. The molecule has 2 rings (SSSR count). The Hall–Kier alpha value is -1.99. The van der Waals surface area contributed by atoms with E-state index in [1.165, 1.54) is 30.3 Å². The number of nitro benzene ring substituents is 1. The molecular weight excluding hydrogens is 367 g/mol. The molecule has 108 valence electrons. The van der Waals surface area contributed by atoms with Gasteiger partial charge in [-0.15, -0.1) is 0 Å². The van der Waals surface area contributed by atoms with Crippen LogP contribution in [0.25, 0.3) is 0 Å². The summed E-state index contributed by atoms with van der Waals surface area (Å²) in [5.41, 5.74) is -0.323. The number of nitrogens with one attached hydrogen (secondary N) is 1. The summed E-state index contributed by atoms with van der Waals surface area (Å²) in [6.07, 6.45) is 0. The van der Waals surface area contributed by atoms with Gasteiger partial charge in [0.2, 0.25) is 0 Å². The second-order valence-electron chi connectivity index (χ2n) is 4.00. The number of benzene rings is 2. The Balaban J connectivity index is 2.33. The first-order valence-electron chi connectivity index (χ1n) is 5.59. The van der Waals surface area contributed by atoms with E-state index >= 15 is 0 Å². The number of anilines is 1. The van der Waals surface area contributed by atoms with Gasteiger partial charge in [-0.05, 0) is 46.3 Å². The highest BCUT2D eigenvalue weighted by molar-refractivity contribution is 9.10. The van der Waals surface area contributed by atoms with Crippen LogP contribution in [-0.4, -0.2) is 10.8 Å². The summed E-state index contributed by atoms with van der Waals surface area (Å²) >= 11 is 8.73. The number of hydrogen-bond acceptors (Lipinski definition) is 3. The molecule has 0 saturated heterocycles. The number of carbonyl (C=O) groups excluding carboxylic acids is 1. The molecule has 0 bridgehead atoms. The molecule has 0 aliphatic carbocycles. The number of carbonyl (C=O) groups is 1. The summed E-state index contributed by atoms with van der Waals surface area (Å²) in [4.78, 5) is 22.3. The number of halogens is 3. The Kier molecular flexibility index (Phi) is 4.54. The Morgan fingerprint density at radius 1 is 1.29 bits per heavy atom. The Bertz CT molecular complexity index is 739. The summed E-state index contributed by atoms with van der Waals surface area (Å²) in [5, 5.41) is 13.5. The van der Waals surface area contributed by atoms with Gasteiger partial charge in [0.25, 0.3) is 11.6 Å². The predicted octanol–water partition coefficient (Wildman–Crippen LogP) is 4.40. The minimum atomic E-state index is -0.674. The molecule has 0 atom stereocenters. The summed E-state index contributed by atoms with van der Waals surface area (Å²) in [6.45, 7) is 0. The minimum Gasteiger partial charge on any atom is -0.316 e. The largest absolute Gasteiger partial charge is 0.316 e. The summed E-state index contributed by atoms with van der Waals surface area (Å²) in [7, 11) is 0. The number of nitrogens with zero attached hydrogens (tertiary/aromatic N) is 1. The van der Waals surface area contributed by atoms with Crippen LogP contribution in [0.2, 0.25) is 5.02 Å². The van der Waals surface area contributed by atoms with Gasteiger partial charge in [-0.25, -0.2) is 4.39 Å². The normalized spacial score (nSPS) is 10.2. The number of rotatable bonds is 3. The van der Waals surface area contributed by atoms with Gasteiger partial charge < -0.3 is 5.32 Å². The van der Waals surface area contributed by atoms with Crippen molar-refractivity contribution in [1.82, 2.24) is 0 Å². The van der Waals surface area contributed by atoms with Crippen LogP contribution >= 0.6 is 27.5 Å². The highest BCUT2D eigenvalue weighted by Gasteiger charge is 2.17. The smallest absolute Gasteiger partial charge is 0.292 e. The second-order valence-corrected chi connectivity index (χ2v) is 5.29. The van der Waals surface area contributed by atoms with E-state index in [1.54, 1.807) is 0 Å². The minimum absolute atomic E-state index is 0.0324. The Morgan fingerprint density at radius 3 is 2.62 bits per heavy atom. The van der Waals surface area contributed by atoms with Crippen LogP contribution < -0.4 is 5.32 Å². The molecule has 0 saturated carbocycles. The van der Waals surface area contributed by atoms with Crippen LogP contribution in [0.4, 0.5) is 15.8 Å².